The van der Waals surface area contributed by atoms with E-state index in [9.17, 15) is 0 Å². The molecule has 0 aromatic heterocycles. The van der Waals surface area contributed by atoms with Gasteiger partial charge in [-0.1, -0.05) is 42.0 Å². The lowest BCUT2D eigenvalue weighted by Crippen LogP contribution is -2.45. The van der Waals surface area contributed by atoms with Crippen LogP contribution in [0.25, 0.3) is 6.08 Å². The third-order valence-corrected chi connectivity index (χ3v) is 3.33. The standard InChI is InChI=1S/C16H24N2O/c1-14(10-15-6-4-3-5-7-15)11-17-12-16-13-18(2)8-9-19-16/h3-7,10,16-17H,8-9,11-13H2,1-2H3/b14-10+. The number of morpholine rings is 1. The number of hydrogen-bond acceptors (Lipinski definition) is 3. The zero-order chi connectivity index (χ0) is 13.5. The van der Waals surface area contributed by atoms with Gasteiger partial charge in [-0.3, -0.25) is 0 Å². The van der Waals surface area contributed by atoms with Crippen molar-refractivity contribution in [3.05, 3.63) is 41.5 Å². The smallest absolute Gasteiger partial charge is 0.0826 e. The molecular weight excluding hydrogens is 236 g/mol. The molecule has 0 bridgehead atoms. The van der Waals surface area contributed by atoms with Crippen LogP contribution in [-0.4, -0.2) is 50.8 Å². The Hall–Kier alpha value is -1.16. The lowest BCUT2D eigenvalue weighted by atomic mass is 10.1. The minimum absolute atomic E-state index is 0.322. The maximum atomic E-state index is 5.72. The number of hydrogen-bond donors (Lipinski definition) is 1. The van der Waals surface area contributed by atoms with Crippen molar-refractivity contribution in [1.82, 2.24) is 10.2 Å². The molecule has 1 N–H and O–H groups in total. The van der Waals surface area contributed by atoms with Crippen molar-refractivity contribution in [3.63, 3.8) is 0 Å². The molecule has 0 aliphatic carbocycles. The molecule has 1 atom stereocenters. The molecular formula is C16H24N2O. The summed E-state index contributed by atoms with van der Waals surface area (Å²) in [6.07, 6.45) is 2.55. The van der Waals surface area contributed by atoms with Crippen molar-refractivity contribution >= 4 is 6.08 Å². The first kappa shape index (κ1) is 14.3. The van der Waals surface area contributed by atoms with E-state index in [0.29, 0.717) is 6.10 Å². The molecule has 19 heavy (non-hydrogen) atoms. The fourth-order valence-electron chi connectivity index (χ4n) is 2.31. The van der Waals surface area contributed by atoms with Crippen LogP contribution in [0.4, 0.5) is 0 Å². The highest BCUT2D eigenvalue weighted by Gasteiger charge is 2.16. The van der Waals surface area contributed by atoms with E-state index >= 15 is 0 Å². The maximum Gasteiger partial charge on any atom is 0.0826 e. The van der Waals surface area contributed by atoms with Gasteiger partial charge in [0.1, 0.15) is 0 Å². The Bertz CT molecular complexity index is 402. The third-order valence-electron chi connectivity index (χ3n) is 3.33. The summed E-state index contributed by atoms with van der Waals surface area (Å²) in [5.74, 6) is 0. The van der Waals surface area contributed by atoms with Crippen LogP contribution in [0.2, 0.25) is 0 Å². The average molecular weight is 260 g/mol. The van der Waals surface area contributed by atoms with Crippen LogP contribution in [0.5, 0.6) is 0 Å². The van der Waals surface area contributed by atoms with Crippen molar-refractivity contribution < 1.29 is 4.74 Å². The Morgan fingerprint density at radius 3 is 2.95 bits per heavy atom. The van der Waals surface area contributed by atoms with Crippen LogP contribution < -0.4 is 5.32 Å². The minimum Gasteiger partial charge on any atom is -0.374 e. The van der Waals surface area contributed by atoms with Gasteiger partial charge in [-0.25, -0.2) is 0 Å². The molecule has 1 aromatic carbocycles. The van der Waals surface area contributed by atoms with Crippen LogP contribution in [-0.2, 0) is 4.74 Å². The molecule has 104 valence electrons. The van der Waals surface area contributed by atoms with Gasteiger partial charge in [0.25, 0.3) is 0 Å². The van der Waals surface area contributed by atoms with Crippen molar-refractivity contribution in [2.24, 2.45) is 0 Å². The Labute approximate surface area is 116 Å². The summed E-state index contributed by atoms with van der Waals surface area (Å²) in [6.45, 7) is 6.91. The molecule has 0 saturated carbocycles. The molecule has 3 nitrogen and oxygen atoms in total. The van der Waals surface area contributed by atoms with E-state index in [1.54, 1.807) is 0 Å². The second kappa shape index (κ2) is 7.43. The Morgan fingerprint density at radius 2 is 2.21 bits per heavy atom. The van der Waals surface area contributed by atoms with Crippen LogP contribution >= 0.6 is 0 Å². The van der Waals surface area contributed by atoms with Gasteiger partial charge < -0.3 is 15.0 Å². The normalized spacial score (nSPS) is 21.6. The fraction of sp³-hybridized carbons (Fsp3) is 0.500. The Morgan fingerprint density at radius 1 is 1.42 bits per heavy atom. The quantitative estimate of drug-likeness (QED) is 0.876. The van der Waals surface area contributed by atoms with Crippen LogP contribution in [0.1, 0.15) is 12.5 Å². The molecule has 1 aromatic rings. The highest BCUT2D eigenvalue weighted by molar-refractivity contribution is 5.52. The SMILES string of the molecule is C/C(=C\c1ccccc1)CNCC1CN(C)CCO1. The highest BCUT2D eigenvalue weighted by Crippen LogP contribution is 2.06. The van der Waals surface area contributed by atoms with E-state index in [1.165, 1.54) is 11.1 Å². The third kappa shape index (κ3) is 5.15. The highest BCUT2D eigenvalue weighted by atomic mass is 16.5. The van der Waals surface area contributed by atoms with Gasteiger partial charge in [-0.05, 0) is 19.5 Å². The first-order chi connectivity index (χ1) is 9.24. The molecule has 1 aliphatic heterocycles. The second-order valence-corrected chi connectivity index (χ2v) is 5.29. The van der Waals surface area contributed by atoms with E-state index in [-0.39, 0.29) is 0 Å². The summed E-state index contributed by atoms with van der Waals surface area (Å²) in [5, 5.41) is 3.48. The van der Waals surface area contributed by atoms with E-state index in [2.05, 4.69) is 54.5 Å². The zero-order valence-corrected chi connectivity index (χ0v) is 11.9. The monoisotopic (exact) mass is 260 g/mol. The van der Waals surface area contributed by atoms with Crippen molar-refractivity contribution in [2.75, 3.05) is 39.8 Å². The lowest BCUT2D eigenvalue weighted by Gasteiger charge is -2.30. The Kier molecular flexibility index (Phi) is 5.58. The van der Waals surface area contributed by atoms with E-state index in [4.69, 9.17) is 4.74 Å². The molecule has 1 aliphatic rings. The summed E-state index contributed by atoms with van der Waals surface area (Å²) in [6, 6.07) is 10.4. The molecule has 1 unspecified atom stereocenters. The Balaban J connectivity index is 1.72. The molecule has 0 radical (unpaired) electrons. The number of nitrogens with zero attached hydrogens (tertiary/aromatic N) is 1. The molecule has 1 heterocycles. The van der Waals surface area contributed by atoms with Crippen LogP contribution in [0.15, 0.2) is 35.9 Å². The molecule has 0 amide bonds. The van der Waals surface area contributed by atoms with Crippen molar-refractivity contribution in [3.8, 4) is 0 Å². The summed E-state index contributed by atoms with van der Waals surface area (Å²) in [7, 11) is 2.15. The summed E-state index contributed by atoms with van der Waals surface area (Å²) >= 11 is 0. The van der Waals surface area contributed by atoms with E-state index in [1.807, 2.05) is 6.07 Å². The topological polar surface area (TPSA) is 24.5 Å². The minimum atomic E-state index is 0.322. The van der Waals surface area contributed by atoms with Crippen LogP contribution in [0.3, 0.4) is 0 Å². The largest absolute Gasteiger partial charge is 0.374 e. The average Bonchev–Trinajstić information content (AvgIpc) is 2.40. The number of ether oxygens (including phenoxy) is 1. The maximum absolute atomic E-state index is 5.72. The van der Waals surface area contributed by atoms with Gasteiger partial charge in [-0.2, -0.15) is 0 Å². The zero-order valence-electron chi connectivity index (χ0n) is 11.9. The van der Waals surface area contributed by atoms with Gasteiger partial charge in [-0.15, -0.1) is 0 Å². The molecule has 1 fully saturated rings. The first-order valence-corrected chi connectivity index (χ1v) is 6.97. The number of nitrogens with one attached hydrogen (secondary N) is 1. The van der Waals surface area contributed by atoms with Crippen molar-refractivity contribution in [2.45, 2.75) is 13.0 Å². The van der Waals surface area contributed by atoms with E-state index in [0.717, 1.165) is 32.8 Å². The fourth-order valence-corrected chi connectivity index (χ4v) is 2.31. The summed E-state index contributed by atoms with van der Waals surface area (Å²) in [5.41, 5.74) is 2.60. The summed E-state index contributed by atoms with van der Waals surface area (Å²) < 4.78 is 5.72. The van der Waals surface area contributed by atoms with Gasteiger partial charge in [0.05, 0.1) is 12.7 Å². The van der Waals surface area contributed by atoms with Crippen molar-refractivity contribution in [1.29, 1.82) is 0 Å². The number of benzene rings is 1. The van der Waals surface area contributed by atoms with E-state index < -0.39 is 0 Å². The van der Waals surface area contributed by atoms with Gasteiger partial charge >= 0.3 is 0 Å². The molecule has 2 rings (SSSR count). The number of rotatable bonds is 5. The molecule has 0 spiro atoms. The lowest BCUT2D eigenvalue weighted by molar-refractivity contribution is -0.0177. The second-order valence-electron chi connectivity index (χ2n) is 5.29. The van der Waals surface area contributed by atoms with Gasteiger partial charge in [0, 0.05) is 26.2 Å². The predicted molar refractivity (Wildman–Crippen MR) is 80.2 cm³/mol. The first-order valence-electron chi connectivity index (χ1n) is 6.97. The molecule has 3 heteroatoms. The van der Waals surface area contributed by atoms with Gasteiger partial charge in [0.15, 0.2) is 0 Å². The number of likely N-dealkylation sites (N-methyl/N-ethyl adjacent to an activating group) is 1. The molecule has 1 saturated heterocycles. The predicted octanol–water partition coefficient (Wildman–Crippen LogP) is 2.01. The summed E-state index contributed by atoms with van der Waals surface area (Å²) in [4.78, 5) is 2.32. The van der Waals surface area contributed by atoms with Gasteiger partial charge in [0.2, 0.25) is 0 Å². The van der Waals surface area contributed by atoms with Crippen LogP contribution in [0, 0.1) is 0 Å².